The van der Waals surface area contributed by atoms with E-state index in [0.717, 1.165) is 11.8 Å². The van der Waals surface area contributed by atoms with E-state index in [-0.39, 0.29) is 5.75 Å². The van der Waals surface area contributed by atoms with E-state index in [1.165, 1.54) is 31.9 Å². The van der Waals surface area contributed by atoms with E-state index < -0.39 is 9.84 Å². The Hall–Kier alpha value is -0.360. The highest BCUT2D eigenvalue weighted by Gasteiger charge is 2.39. The molecule has 2 N–H and O–H groups in total. The summed E-state index contributed by atoms with van der Waals surface area (Å²) in [7, 11) is -2.91. The normalized spacial score (nSPS) is 31.5. The summed E-state index contributed by atoms with van der Waals surface area (Å²) >= 11 is 5.18. The number of hydrogen-bond acceptors (Lipinski definition) is 3. The number of fused-ring (bicyclic) bond motifs is 2. The van der Waals surface area contributed by atoms with Crippen LogP contribution in [0, 0.1) is 11.8 Å². The SMILES string of the molecule is CS(=O)(=O)CCNC(=S)N[C@@H]1C[C@H]2CC[C@H]1C2. The van der Waals surface area contributed by atoms with Crippen molar-refractivity contribution < 1.29 is 8.42 Å². The van der Waals surface area contributed by atoms with E-state index in [2.05, 4.69) is 10.6 Å². The van der Waals surface area contributed by atoms with Gasteiger partial charge in [0.05, 0.1) is 5.75 Å². The molecular weight excluding hydrogens is 256 g/mol. The summed E-state index contributed by atoms with van der Waals surface area (Å²) < 4.78 is 21.9. The highest BCUT2D eigenvalue weighted by Crippen LogP contribution is 2.44. The van der Waals surface area contributed by atoms with Gasteiger partial charge in [0.15, 0.2) is 5.11 Å². The van der Waals surface area contributed by atoms with Gasteiger partial charge < -0.3 is 10.6 Å². The Balaban J connectivity index is 1.68. The largest absolute Gasteiger partial charge is 0.362 e. The van der Waals surface area contributed by atoms with Gasteiger partial charge in [-0.1, -0.05) is 6.42 Å². The maximum Gasteiger partial charge on any atom is 0.166 e. The van der Waals surface area contributed by atoms with Crippen LogP contribution in [0.3, 0.4) is 0 Å². The molecule has 0 spiro atoms. The first-order chi connectivity index (χ1) is 7.94. The minimum Gasteiger partial charge on any atom is -0.362 e. The van der Waals surface area contributed by atoms with E-state index in [4.69, 9.17) is 12.2 Å². The minimum absolute atomic E-state index is 0.130. The van der Waals surface area contributed by atoms with Crippen molar-refractivity contribution in [3.63, 3.8) is 0 Å². The molecule has 0 aromatic carbocycles. The molecule has 98 valence electrons. The molecule has 2 rings (SSSR count). The molecule has 4 nitrogen and oxygen atoms in total. The molecular formula is C11H20N2O2S2. The van der Waals surface area contributed by atoms with Gasteiger partial charge in [-0.2, -0.15) is 0 Å². The molecule has 0 aliphatic heterocycles. The Bertz CT molecular complexity index is 394. The molecule has 0 radical (unpaired) electrons. The zero-order chi connectivity index (χ0) is 12.5. The van der Waals surface area contributed by atoms with Crippen molar-refractivity contribution in [1.29, 1.82) is 0 Å². The summed E-state index contributed by atoms with van der Waals surface area (Å²) in [5.41, 5.74) is 0. The summed E-state index contributed by atoms with van der Waals surface area (Å²) in [5.74, 6) is 1.79. The van der Waals surface area contributed by atoms with Crippen LogP contribution in [0.5, 0.6) is 0 Å². The maximum absolute atomic E-state index is 11.0. The second kappa shape index (κ2) is 5.10. The topological polar surface area (TPSA) is 58.2 Å². The molecule has 2 fully saturated rings. The Morgan fingerprint density at radius 1 is 1.35 bits per heavy atom. The second-order valence-electron chi connectivity index (χ2n) is 5.31. The van der Waals surface area contributed by atoms with Crippen LogP contribution in [-0.2, 0) is 9.84 Å². The third-order valence-electron chi connectivity index (χ3n) is 3.81. The highest BCUT2D eigenvalue weighted by atomic mass is 32.2. The van der Waals surface area contributed by atoms with Crippen molar-refractivity contribution in [2.24, 2.45) is 11.8 Å². The Morgan fingerprint density at radius 3 is 2.65 bits per heavy atom. The molecule has 3 atom stereocenters. The fraction of sp³-hybridized carbons (Fsp3) is 0.909. The van der Waals surface area contributed by atoms with Gasteiger partial charge in [-0.25, -0.2) is 8.42 Å². The van der Waals surface area contributed by atoms with Crippen LogP contribution >= 0.6 is 12.2 Å². The zero-order valence-electron chi connectivity index (χ0n) is 10.1. The summed E-state index contributed by atoms with van der Waals surface area (Å²) in [4.78, 5) is 0. The lowest BCUT2D eigenvalue weighted by Crippen LogP contribution is -2.45. The lowest BCUT2D eigenvalue weighted by molar-refractivity contribution is 0.389. The molecule has 0 heterocycles. The Labute approximate surface area is 108 Å². The third-order valence-corrected chi connectivity index (χ3v) is 5.02. The second-order valence-corrected chi connectivity index (χ2v) is 7.98. The minimum atomic E-state index is -2.91. The van der Waals surface area contributed by atoms with Gasteiger partial charge in [-0.15, -0.1) is 0 Å². The van der Waals surface area contributed by atoms with Crippen molar-refractivity contribution in [1.82, 2.24) is 10.6 Å². The average molecular weight is 276 g/mol. The summed E-state index contributed by atoms with van der Waals surface area (Å²) in [6.07, 6.45) is 6.48. The molecule has 0 saturated heterocycles. The molecule has 0 amide bonds. The van der Waals surface area contributed by atoms with Crippen molar-refractivity contribution in [3.8, 4) is 0 Å². The first-order valence-corrected chi connectivity index (χ1v) is 8.63. The maximum atomic E-state index is 11.0. The van der Waals surface area contributed by atoms with Gasteiger partial charge in [-0.3, -0.25) is 0 Å². The van der Waals surface area contributed by atoms with Crippen LogP contribution in [0.1, 0.15) is 25.7 Å². The molecule has 2 aliphatic rings. The monoisotopic (exact) mass is 276 g/mol. The fourth-order valence-corrected chi connectivity index (χ4v) is 3.72. The van der Waals surface area contributed by atoms with E-state index >= 15 is 0 Å². The van der Waals surface area contributed by atoms with Gasteiger partial charge in [0, 0.05) is 18.8 Å². The van der Waals surface area contributed by atoms with E-state index in [0.29, 0.717) is 17.7 Å². The lowest BCUT2D eigenvalue weighted by atomic mass is 9.96. The number of thiocarbonyl (C=S) groups is 1. The smallest absolute Gasteiger partial charge is 0.166 e. The summed E-state index contributed by atoms with van der Waals surface area (Å²) in [6, 6.07) is 0.506. The summed E-state index contributed by atoms with van der Waals surface area (Å²) in [6.45, 7) is 0.394. The van der Waals surface area contributed by atoms with E-state index in [1.54, 1.807) is 0 Å². The van der Waals surface area contributed by atoms with Gasteiger partial charge in [0.25, 0.3) is 0 Å². The van der Waals surface area contributed by atoms with Gasteiger partial charge in [-0.05, 0) is 43.3 Å². The molecule has 2 aliphatic carbocycles. The van der Waals surface area contributed by atoms with Crippen LogP contribution in [0.4, 0.5) is 0 Å². The number of sulfone groups is 1. The third kappa shape index (κ3) is 3.81. The average Bonchev–Trinajstić information content (AvgIpc) is 2.76. The molecule has 0 unspecified atom stereocenters. The van der Waals surface area contributed by atoms with Gasteiger partial charge in [0.1, 0.15) is 9.84 Å². The van der Waals surface area contributed by atoms with Crippen molar-refractivity contribution in [2.75, 3.05) is 18.6 Å². The van der Waals surface area contributed by atoms with Crippen LogP contribution < -0.4 is 10.6 Å². The lowest BCUT2D eigenvalue weighted by Gasteiger charge is -2.24. The van der Waals surface area contributed by atoms with Crippen LogP contribution in [0.25, 0.3) is 0 Å². The van der Waals surface area contributed by atoms with Crippen LogP contribution in [-0.4, -0.2) is 38.1 Å². The van der Waals surface area contributed by atoms with E-state index in [1.807, 2.05) is 0 Å². The van der Waals surface area contributed by atoms with E-state index in [9.17, 15) is 8.42 Å². The number of nitrogens with one attached hydrogen (secondary N) is 2. The fourth-order valence-electron chi connectivity index (χ4n) is 2.99. The standard InChI is InChI=1S/C11H20N2O2S2/c1-17(14,15)5-4-12-11(16)13-10-7-8-2-3-9(10)6-8/h8-10H,2-7H2,1H3,(H2,12,13,16)/t8-,9-,10+/m0/s1. The van der Waals surface area contributed by atoms with Gasteiger partial charge >= 0.3 is 0 Å². The molecule has 2 bridgehead atoms. The molecule has 6 heteroatoms. The predicted molar refractivity (Wildman–Crippen MR) is 72.7 cm³/mol. The quantitative estimate of drug-likeness (QED) is 0.740. The van der Waals surface area contributed by atoms with Crippen molar-refractivity contribution in [2.45, 2.75) is 31.7 Å². The van der Waals surface area contributed by atoms with Gasteiger partial charge in [0.2, 0.25) is 0 Å². The zero-order valence-corrected chi connectivity index (χ0v) is 11.7. The van der Waals surface area contributed by atoms with Crippen molar-refractivity contribution in [3.05, 3.63) is 0 Å². The first kappa shape index (κ1) is 13.1. The Morgan fingerprint density at radius 2 is 2.12 bits per heavy atom. The molecule has 2 saturated carbocycles. The first-order valence-electron chi connectivity index (χ1n) is 6.16. The molecule has 0 aromatic heterocycles. The number of rotatable bonds is 4. The summed E-state index contributed by atoms with van der Waals surface area (Å²) in [5, 5.41) is 6.89. The predicted octanol–water partition coefficient (Wildman–Crippen LogP) is 0.684. The van der Waals surface area contributed by atoms with Crippen molar-refractivity contribution >= 4 is 27.2 Å². The molecule has 0 aromatic rings. The van der Waals surface area contributed by atoms with Crippen LogP contribution in [0.2, 0.25) is 0 Å². The van der Waals surface area contributed by atoms with Crippen LogP contribution in [0.15, 0.2) is 0 Å². The number of hydrogen-bond donors (Lipinski definition) is 2. The molecule has 17 heavy (non-hydrogen) atoms. The Kier molecular flexibility index (Phi) is 3.92. The highest BCUT2D eigenvalue weighted by molar-refractivity contribution is 7.90.